The Kier molecular flexibility index (Phi) is 5.23. The number of halogens is 1. The monoisotopic (exact) mass is 447 g/mol. The van der Waals surface area contributed by atoms with Gasteiger partial charge in [-0.2, -0.15) is 9.78 Å². The standard InChI is InChI=1S/C23H22FN7S/c1-3-17-22(31-19(26-17)10-11-20(28-31)30-12-4-5-13-30)29(2)23-27-21(18(14-25)32-23)15-6-8-16(24)9-7-15/h6-11H,3-5,12-13H2,1-2H3. The second kappa shape index (κ2) is 8.20. The summed E-state index contributed by atoms with van der Waals surface area (Å²) in [5.74, 6) is 1.46. The normalized spacial score (nSPS) is 13.6. The van der Waals surface area contributed by atoms with Gasteiger partial charge in [-0.15, -0.1) is 5.10 Å². The summed E-state index contributed by atoms with van der Waals surface area (Å²) in [7, 11) is 1.92. The van der Waals surface area contributed by atoms with Gasteiger partial charge in [0.2, 0.25) is 0 Å². The van der Waals surface area contributed by atoms with Gasteiger partial charge >= 0.3 is 0 Å². The van der Waals surface area contributed by atoms with Crippen molar-refractivity contribution in [3.8, 4) is 17.3 Å². The molecule has 5 rings (SSSR count). The van der Waals surface area contributed by atoms with Crippen molar-refractivity contribution in [3.05, 3.63) is 52.8 Å². The molecule has 0 amide bonds. The van der Waals surface area contributed by atoms with Gasteiger partial charge in [0, 0.05) is 25.7 Å². The lowest BCUT2D eigenvalue weighted by molar-refractivity contribution is 0.628. The molecule has 9 heteroatoms. The number of aryl methyl sites for hydroxylation is 1. The van der Waals surface area contributed by atoms with Crippen LogP contribution in [0.15, 0.2) is 36.4 Å². The second-order valence-electron chi connectivity index (χ2n) is 7.74. The van der Waals surface area contributed by atoms with Gasteiger partial charge < -0.3 is 9.80 Å². The number of thiazole rings is 1. The van der Waals surface area contributed by atoms with Crippen LogP contribution in [0, 0.1) is 17.1 Å². The number of benzene rings is 1. The van der Waals surface area contributed by atoms with Crippen molar-refractivity contribution in [2.45, 2.75) is 26.2 Å². The van der Waals surface area contributed by atoms with Crippen molar-refractivity contribution in [1.29, 1.82) is 5.26 Å². The molecule has 1 aromatic carbocycles. The van der Waals surface area contributed by atoms with Gasteiger partial charge in [0.15, 0.2) is 16.6 Å². The highest BCUT2D eigenvalue weighted by Gasteiger charge is 2.23. The molecule has 0 saturated carbocycles. The van der Waals surface area contributed by atoms with Crippen LogP contribution < -0.4 is 9.80 Å². The van der Waals surface area contributed by atoms with E-state index in [1.165, 1.54) is 36.3 Å². The number of anilines is 3. The fourth-order valence-corrected chi connectivity index (χ4v) is 4.92. The number of aromatic nitrogens is 4. The highest BCUT2D eigenvalue weighted by molar-refractivity contribution is 7.16. The molecular formula is C23H22FN7S. The molecule has 0 atom stereocenters. The van der Waals surface area contributed by atoms with Gasteiger partial charge in [-0.05, 0) is 55.7 Å². The molecule has 0 spiro atoms. The van der Waals surface area contributed by atoms with Crippen LogP contribution in [-0.2, 0) is 6.42 Å². The third kappa shape index (κ3) is 3.46. The first kappa shape index (κ1) is 20.4. The van der Waals surface area contributed by atoms with E-state index in [1.54, 1.807) is 12.1 Å². The van der Waals surface area contributed by atoms with E-state index < -0.39 is 0 Å². The van der Waals surface area contributed by atoms with Crippen LogP contribution in [0.3, 0.4) is 0 Å². The van der Waals surface area contributed by atoms with E-state index in [1.807, 2.05) is 28.6 Å². The van der Waals surface area contributed by atoms with E-state index in [0.29, 0.717) is 21.3 Å². The summed E-state index contributed by atoms with van der Waals surface area (Å²) in [6, 6.07) is 12.3. The summed E-state index contributed by atoms with van der Waals surface area (Å²) < 4.78 is 15.2. The number of rotatable bonds is 5. The quantitative estimate of drug-likeness (QED) is 0.438. The predicted molar refractivity (Wildman–Crippen MR) is 124 cm³/mol. The van der Waals surface area contributed by atoms with Crippen molar-refractivity contribution < 1.29 is 4.39 Å². The summed E-state index contributed by atoms with van der Waals surface area (Å²) in [5.41, 5.74) is 2.96. The van der Waals surface area contributed by atoms with Crippen molar-refractivity contribution >= 4 is 33.8 Å². The molecule has 0 N–H and O–H groups in total. The number of nitriles is 1. The van der Waals surface area contributed by atoms with Crippen LogP contribution >= 0.6 is 11.3 Å². The zero-order valence-electron chi connectivity index (χ0n) is 17.9. The van der Waals surface area contributed by atoms with Crippen molar-refractivity contribution in [3.63, 3.8) is 0 Å². The molecule has 162 valence electrons. The largest absolute Gasteiger partial charge is 0.355 e. The van der Waals surface area contributed by atoms with Gasteiger partial charge in [-0.25, -0.2) is 14.4 Å². The molecule has 4 aromatic rings. The molecule has 3 aromatic heterocycles. The fraction of sp³-hybridized carbons (Fsp3) is 0.304. The Morgan fingerprint density at radius 3 is 2.56 bits per heavy atom. The number of imidazole rings is 1. The minimum Gasteiger partial charge on any atom is -0.355 e. The average Bonchev–Trinajstić information content (AvgIpc) is 3.56. The summed E-state index contributed by atoms with van der Waals surface area (Å²) in [6.07, 6.45) is 3.10. The third-order valence-electron chi connectivity index (χ3n) is 5.71. The lowest BCUT2D eigenvalue weighted by atomic mass is 10.1. The zero-order chi connectivity index (χ0) is 22.2. The molecule has 1 saturated heterocycles. The SMILES string of the molecule is CCc1nc2ccc(N3CCCC3)nn2c1N(C)c1nc(-c2ccc(F)cc2)c(C#N)s1. The molecule has 1 fully saturated rings. The maximum absolute atomic E-state index is 13.4. The molecule has 0 unspecified atom stereocenters. The average molecular weight is 448 g/mol. The first-order chi connectivity index (χ1) is 15.6. The van der Waals surface area contributed by atoms with Gasteiger partial charge in [0.05, 0.1) is 5.69 Å². The van der Waals surface area contributed by atoms with Gasteiger partial charge in [-0.1, -0.05) is 18.3 Å². The van der Waals surface area contributed by atoms with Crippen molar-refractivity contribution in [2.24, 2.45) is 0 Å². The molecule has 0 radical (unpaired) electrons. The smallest absolute Gasteiger partial charge is 0.192 e. The Morgan fingerprint density at radius 1 is 1.12 bits per heavy atom. The van der Waals surface area contributed by atoms with E-state index in [9.17, 15) is 9.65 Å². The Bertz CT molecular complexity index is 1310. The predicted octanol–water partition coefficient (Wildman–Crippen LogP) is 4.79. The molecule has 0 aliphatic carbocycles. The minimum atomic E-state index is -0.321. The number of hydrogen-bond acceptors (Lipinski definition) is 7. The van der Waals surface area contributed by atoms with Crippen LogP contribution in [0.25, 0.3) is 16.9 Å². The molecule has 1 aliphatic rings. The molecular weight excluding hydrogens is 425 g/mol. The Labute approximate surface area is 189 Å². The van der Waals surface area contributed by atoms with Crippen LogP contribution in [0.5, 0.6) is 0 Å². The maximum atomic E-state index is 13.4. The van der Waals surface area contributed by atoms with E-state index in [0.717, 1.165) is 42.5 Å². The van der Waals surface area contributed by atoms with Crippen molar-refractivity contribution in [2.75, 3.05) is 29.9 Å². The van der Waals surface area contributed by atoms with E-state index in [2.05, 4.69) is 17.9 Å². The Balaban J connectivity index is 1.60. The zero-order valence-corrected chi connectivity index (χ0v) is 18.7. The van der Waals surface area contributed by atoms with E-state index >= 15 is 0 Å². The summed E-state index contributed by atoms with van der Waals surface area (Å²) in [4.78, 5) is 14.2. The molecule has 7 nitrogen and oxygen atoms in total. The third-order valence-corrected chi connectivity index (χ3v) is 6.75. The number of hydrogen-bond donors (Lipinski definition) is 0. The molecule has 32 heavy (non-hydrogen) atoms. The molecule has 4 heterocycles. The fourth-order valence-electron chi connectivity index (χ4n) is 4.07. The maximum Gasteiger partial charge on any atom is 0.192 e. The summed E-state index contributed by atoms with van der Waals surface area (Å²) in [5, 5.41) is 15.2. The highest BCUT2D eigenvalue weighted by atomic mass is 32.1. The van der Waals surface area contributed by atoms with Crippen LogP contribution in [-0.4, -0.2) is 39.7 Å². The summed E-state index contributed by atoms with van der Waals surface area (Å²) >= 11 is 1.30. The number of nitrogens with zero attached hydrogens (tertiary/aromatic N) is 7. The second-order valence-corrected chi connectivity index (χ2v) is 8.72. The van der Waals surface area contributed by atoms with E-state index in [4.69, 9.17) is 15.1 Å². The van der Waals surface area contributed by atoms with Crippen LogP contribution in [0.2, 0.25) is 0 Å². The molecule has 1 aliphatic heterocycles. The first-order valence-electron chi connectivity index (χ1n) is 10.6. The lowest BCUT2D eigenvalue weighted by Gasteiger charge is -2.19. The number of fused-ring (bicyclic) bond motifs is 1. The highest BCUT2D eigenvalue weighted by Crippen LogP contribution is 2.36. The molecule has 0 bridgehead atoms. The van der Waals surface area contributed by atoms with Crippen LogP contribution in [0.4, 0.5) is 21.2 Å². The van der Waals surface area contributed by atoms with Crippen LogP contribution in [0.1, 0.15) is 30.3 Å². The van der Waals surface area contributed by atoms with E-state index in [-0.39, 0.29) is 5.82 Å². The lowest BCUT2D eigenvalue weighted by Crippen LogP contribution is -2.21. The van der Waals surface area contributed by atoms with Gasteiger partial charge in [-0.3, -0.25) is 0 Å². The minimum absolute atomic E-state index is 0.321. The van der Waals surface area contributed by atoms with Crippen molar-refractivity contribution in [1.82, 2.24) is 19.6 Å². The van der Waals surface area contributed by atoms with Gasteiger partial charge in [0.25, 0.3) is 0 Å². The topological polar surface area (TPSA) is 73.4 Å². The first-order valence-corrected chi connectivity index (χ1v) is 11.4. The summed E-state index contributed by atoms with van der Waals surface area (Å²) in [6.45, 7) is 4.09. The van der Waals surface area contributed by atoms with Gasteiger partial charge in [0.1, 0.15) is 28.3 Å². The Morgan fingerprint density at radius 2 is 1.88 bits per heavy atom. The Hall–Kier alpha value is -3.51.